The Hall–Kier alpha value is -1.18. The van der Waals surface area contributed by atoms with Crippen LogP contribution in [0, 0.1) is 6.92 Å². The van der Waals surface area contributed by atoms with E-state index < -0.39 is 0 Å². The van der Waals surface area contributed by atoms with E-state index in [1.54, 1.807) is 4.90 Å². The number of amides is 1. The van der Waals surface area contributed by atoms with Crippen LogP contribution in [0.25, 0.3) is 10.2 Å². The smallest absolute Gasteiger partial charge is 0.234 e. The van der Waals surface area contributed by atoms with Gasteiger partial charge in [0.15, 0.2) is 5.13 Å². The molecule has 0 spiro atoms. The molecule has 8 heteroatoms. The Labute approximate surface area is 177 Å². The van der Waals surface area contributed by atoms with Gasteiger partial charge in [0.2, 0.25) is 5.91 Å². The van der Waals surface area contributed by atoms with Gasteiger partial charge in [0.25, 0.3) is 0 Å². The lowest BCUT2D eigenvalue weighted by Crippen LogP contribution is -2.34. The zero-order valence-corrected chi connectivity index (χ0v) is 18.6. The van der Waals surface area contributed by atoms with Crippen LogP contribution in [-0.4, -0.2) is 43.0 Å². The molecular weight excluding hydrogens is 421 g/mol. The summed E-state index contributed by atoms with van der Waals surface area (Å²) in [6.45, 7) is 3.53. The molecule has 27 heavy (non-hydrogen) atoms. The fourth-order valence-electron chi connectivity index (χ4n) is 2.77. The van der Waals surface area contributed by atoms with E-state index >= 15 is 0 Å². The van der Waals surface area contributed by atoms with Crippen LogP contribution in [0.4, 0.5) is 5.13 Å². The lowest BCUT2D eigenvalue weighted by molar-refractivity contribution is -0.118. The van der Waals surface area contributed by atoms with Crippen molar-refractivity contribution in [2.75, 3.05) is 32.1 Å². The summed E-state index contributed by atoms with van der Waals surface area (Å²) in [4.78, 5) is 22.7. The molecule has 3 rings (SSSR count). The summed E-state index contributed by atoms with van der Waals surface area (Å²) in [5.74, 6) is 0.0279. The predicted octanol–water partition coefficient (Wildman–Crippen LogP) is 5.50. The molecule has 0 unspecified atom stereocenters. The van der Waals surface area contributed by atoms with Crippen molar-refractivity contribution >= 4 is 67.1 Å². The van der Waals surface area contributed by atoms with Gasteiger partial charge >= 0.3 is 0 Å². The number of hydrogen-bond acceptors (Lipinski definition) is 5. The van der Waals surface area contributed by atoms with Crippen LogP contribution in [-0.2, 0) is 11.2 Å². The van der Waals surface area contributed by atoms with E-state index in [0.717, 1.165) is 33.6 Å². The minimum absolute atomic E-state index is 0.0279. The number of anilines is 1. The standard InChI is InChI=1S/C19H21Cl2N3OS2/c1-12-5-7-14(20)18-17(12)22-19(27-18)24(10-4-9-23(2)3)16(25)11-13-6-8-15(21)26-13/h5-8H,4,9-11H2,1-3H3. The molecule has 0 fully saturated rings. The fourth-order valence-corrected chi connectivity index (χ4v) is 5.21. The maximum absolute atomic E-state index is 13.1. The lowest BCUT2D eigenvalue weighted by Gasteiger charge is -2.20. The van der Waals surface area contributed by atoms with Crippen molar-refractivity contribution in [1.82, 2.24) is 9.88 Å². The van der Waals surface area contributed by atoms with Crippen LogP contribution < -0.4 is 4.90 Å². The molecule has 0 aliphatic rings. The first-order valence-electron chi connectivity index (χ1n) is 8.60. The van der Waals surface area contributed by atoms with Crippen LogP contribution in [0.2, 0.25) is 9.36 Å². The molecule has 3 aromatic rings. The summed E-state index contributed by atoms with van der Waals surface area (Å²) < 4.78 is 1.62. The highest BCUT2D eigenvalue weighted by atomic mass is 35.5. The summed E-state index contributed by atoms with van der Waals surface area (Å²) in [5, 5.41) is 1.37. The molecular formula is C19H21Cl2N3OS2. The monoisotopic (exact) mass is 441 g/mol. The highest BCUT2D eigenvalue weighted by molar-refractivity contribution is 7.23. The second-order valence-corrected chi connectivity index (χ2v) is 9.81. The Morgan fingerprint density at radius 2 is 1.89 bits per heavy atom. The van der Waals surface area contributed by atoms with Gasteiger partial charge < -0.3 is 4.90 Å². The van der Waals surface area contributed by atoms with Gasteiger partial charge in [0.1, 0.15) is 0 Å². The summed E-state index contributed by atoms with van der Waals surface area (Å²) in [6, 6.07) is 7.57. The van der Waals surface area contributed by atoms with Gasteiger partial charge in [0.05, 0.1) is 26.0 Å². The highest BCUT2D eigenvalue weighted by Crippen LogP contribution is 2.36. The van der Waals surface area contributed by atoms with Crippen molar-refractivity contribution in [2.45, 2.75) is 19.8 Å². The molecule has 0 saturated carbocycles. The number of aromatic nitrogens is 1. The number of carbonyl (C=O) groups is 1. The Bertz CT molecular complexity index is 913. The van der Waals surface area contributed by atoms with Crippen LogP contribution in [0.5, 0.6) is 0 Å². The number of halogens is 2. The topological polar surface area (TPSA) is 36.4 Å². The molecule has 0 saturated heterocycles. The average molecular weight is 442 g/mol. The Morgan fingerprint density at radius 3 is 2.52 bits per heavy atom. The van der Waals surface area contributed by atoms with Crippen LogP contribution in [0.1, 0.15) is 16.9 Å². The Kier molecular flexibility index (Phi) is 6.76. The zero-order chi connectivity index (χ0) is 19.6. The van der Waals surface area contributed by atoms with Gasteiger partial charge in [-0.3, -0.25) is 9.69 Å². The van der Waals surface area contributed by atoms with Crippen LogP contribution >= 0.6 is 45.9 Å². The lowest BCUT2D eigenvalue weighted by atomic mass is 10.2. The largest absolute Gasteiger partial charge is 0.309 e. The SMILES string of the molecule is Cc1ccc(Cl)c2sc(N(CCCN(C)C)C(=O)Cc3ccc(Cl)s3)nc12. The molecule has 0 aliphatic heterocycles. The number of aryl methyl sites for hydroxylation is 1. The maximum atomic E-state index is 13.1. The summed E-state index contributed by atoms with van der Waals surface area (Å²) >= 11 is 15.3. The molecule has 1 amide bonds. The number of fused-ring (bicyclic) bond motifs is 1. The van der Waals surface area contributed by atoms with Gasteiger partial charge in [-0.1, -0.05) is 40.6 Å². The number of benzene rings is 1. The fraction of sp³-hybridized carbons (Fsp3) is 0.368. The first-order valence-corrected chi connectivity index (χ1v) is 11.0. The molecule has 1 aromatic carbocycles. The van der Waals surface area contributed by atoms with Crippen molar-refractivity contribution in [1.29, 1.82) is 0 Å². The molecule has 0 bridgehead atoms. The number of carbonyl (C=O) groups excluding carboxylic acids is 1. The van der Waals surface area contributed by atoms with E-state index in [1.165, 1.54) is 22.7 Å². The number of rotatable bonds is 7. The van der Waals surface area contributed by atoms with Crippen molar-refractivity contribution < 1.29 is 4.79 Å². The third-order valence-electron chi connectivity index (χ3n) is 4.16. The van der Waals surface area contributed by atoms with Gasteiger partial charge in [-0.15, -0.1) is 11.3 Å². The normalized spacial score (nSPS) is 11.5. The second-order valence-electron chi connectivity index (χ2n) is 6.62. The molecule has 4 nitrogen and oxygen atoms in total. The van der Waals surface area contributed by atoms with Crippen LogP contribution in [0.15, 0.2) is 24.3 Å². The van der Waals surface area contributed by atoms with Gasteiger partial charge in [-0.25, -0.2) is 4.98 Å². The third-order valence-corrected chi connectivity index (χ3v) is 6.93. The summed E-state index contributed by atoms with van der Waals surface area (Å²) in [6.07, 6.45) is 1.19. The molecule has 0 radical (unpaired) electrons. The van der Waals surface area contributed by atoms with Crippen molar-refractivity contribution in [3.05, 3.63) is 44.1 Å². The average Bonchev–Trinajstić information content (AvgIpc) is 3.22. The van der Waals surface area contributed by atoms with Crippen LogP contribution in [0.3, 0.4) is 0 Å². The first-order chi connectivity index (χ1) is 12.8. The quantitative estimate of drug-likeness (QED) is 0.485. The molecule has 0 N–H and O–H groups in total. The molecule has 2 heterocycles. The molecule has 0 aliphatic carbocycles. The summed E-state index contributed by atoms with van der Waals surface area (Å²) in [5.41, 5.74) is 1.93. The van der Waals surface area contributed by atoms with E-state index in [0.29, 0.717) is 27.5 Å². The predicted molar refractivity (Wildman–Crippen MR) is 118 cm³/mol. The van der Waals surface area contributed by atoms with E-state index in [-0.39, 0.29) is 5.91 Å². The van der Waals surface area contributed by atoms with Crippen molar-refractivity contribution in [3.63, 3.8) is 0 Å². The molecule has 2 aromatic heterocycles. The van der Waals surface area contributed by atoms with Crippen molar-refractivity contribution in [3.8, 4) is 0 Å². The zero-order valence-electron chi connectivity index (χ0n) is 15.5. The van der Waals surface area contributed by atoms with Gasteiger partial charge in [-0.05, 0) is 57.7 Å². The number of hydrogen-bond donors (Lipinski definition) is 0. The van der Waals surface area contributed by atoms with Crippen molar-refractivity contribution in [2.24, 2.45) is 0 Å². The van der Waals surface area contributed by atoms with E-state index in [1.807, 2.05) is 45.3 Å². The number of thiazole rings is 1. The number of thiophene rings is 1. The maximum Gasteiger partial charge on any atom is 0.234 e. The molecule has 144 valence electrons. The van der Waals surface area contributed by atoms with E-state index in [9.17, 15) is 4.79 Å². The first kappa shape index (κ1) is 20.6. The van der Waals surface area contributed by atoms with Gasteiger partial charge in [-0.2, -0.15) is 0 Å². The Morgan fingerprint density at radius 1 is 1.11 bits per heavy atom. The van der Waals surface area contributed by atoms with E-state index in [2.05, 4.69) is 4.90 Å². The minimum atomic E-state index is 0.0279. The third kappa shape index (κ3) is 5.00. The second kappa shape index (κ2) is 8.88. The molecule has 0 atom stereocenters. The Balaban J connectivity index is 1.90. The van der Waals surface area contributed by atoms with Gasteiger partial charge in [0, 0.05) is 11.4 Å². The highest BCUT2D eigenvalue weighted by Gasteiger charge is 2.21. The summed E-state index contributed by atoms with van der Waals surface area (Å²) in [7, 11) is 4.06. The minimum Gasteiger partial charge on any atom is -0.309 e. The van der Waals surface area contributed by atoms with E-state index in [4.69, 9.17) is 28.2 Å². The number of nitrogens with zero attached hydrogens (tertiary/aromatic N) is 3.